The van der Waals surface area contributed by atoms with Crippen LogP contribution in [-0.2, 0) is 4.79 Å². The Kier molecular flexibility index (Phi) is 10.0. The lowest BCUT2D eigenvalue weighted by Crippen LogP contribution is -2.40. The summed E-state index contributed by atoms with van der Waals surface area (Å²) >= 11 is 0. The number of fused-ring (bicyclic) bond motifs is 1. The number of halogens is 1. The number of nitrogens with zero attached hydrogens (tertiary/aromatic N) is 2. The number of hydrogen-bond donors (Lipinski definition) is 2. The maximum atomic E-state index is 11.9. The van der Waals surface area contributed by atoms with E-state index in [0.717, 1.165) is 43.9 Å². The molecule has 3 unspecified atom stereocenters. The molecule has 0 spiro atoms. The Labute approximate surface area is 164 Å². The van der Waals surface area contributed by atoms with Crippen molar-refractivity contribution in [1.29, 1.82) is 0 Å². The van der Waals surface area contributed by atoms with Gasteiger partial charge in [-0.3, -0.25) is 9.79 Å². The van der Waals surface area contributed by atoms with Crippen molar-refractivity contribution in [1.82, 2.24) is 15.5 Å². The van der Waals surface area contributed by atoms with Crippen LogP contribution in [0.2, 0.25) is 0 Å². The molecule has 1 amide bonds. The minimum Gasteiger partial charge on any atom is -0.357 e. The van der Waals surface area contributed by atoms with Gasteiger partial charge in [-0.15, -0.1) is 24.0 Å². The van der Waals surface area contributed by atoms with Gasteiger partial charge in [0.1, 0.15) is 0 Å². The molecule has 0 aromatic rings. The zero-order valence-electron chi connectivity index (χ0n) is 15.5. The summed E-state index contributed by atoms with van der Waals surface area (Å²) in [5, 5.41) is 6.41. The van der Waals surface area contributed by atoms with Crippen molar-refractivity contribution < 1.29 is 4.79 Å². The zero-order valence-corrected chi connectivity index (χ0v) is 17.8. The Morgan fingerprint density at radius 1 is 1.21 bits per heavy atom. The van der Waals surface area contributed by atoms with Crippen molar-refractivity contribution in [3.63, 3.8) is 0 Å². The summed E-state index contributed by atoms with van der Waals surface area (Å²) in [4.78, 5) is 19.0. The van der Waals surface area contributed by atoms with Crippen LogP contribution in [0.25, 0.3) is 0 Å². The van der Waals surface area contributed by atoms with E-state index >= 15 is 0 Å². The molecule has 140 valence electrons. The van der Waals surface area contributed by atoms with Gasteiger partial charge in [-0.05, 0) is 44.9 Å². The molecule has 2 aliphatic rings. The van der Waals surface area contributed by atoms with Crippen molar-refractivity contribution >= 4 is 35.8 Å². The van der Waals surface area contributed by atoms with Gasteiger partial charge >= 0.3 is 0 Å². The maximum Gasteiger partial charge on any atom is 0.222 e. The number of amides is 1. The summed E-state index contributed by atoms with van der Waals surface area (Å²) in [6.07, 6.45) is 6.96. The van der Waals surface area contributed by atoms with Gasteiger partial charge in [0.2, 0.25) is 5.91 Å². The molecule has 1 aliphatic carbocycles. The molecule has 2 fully saturated rings. The predicted octanol–water partition coefficient (Wildman–Crippen LogP) is 3.00. The van der Waals surface area contributed by atoms with Gasteiger partial charge in [-0.25, -0.2) is 0 Å². The molecule has 2 rings (SSSR count). The Balaban J connectivity index is 0.00000288. The van der Waals surface area contributed by atoms with Crippen molar-refractivity contribution in [3.8, 4) is 0 Å². The molecule has 2 N–H and O–H groups in total. The molecule has 6 heteroatoms. The predicted molar refractivity (Wildman–Crippen MR) is 111 cm³/mol. The van der Waals surface area contributed by atoms with Crippen LogP contribution in [0.5, 0.6) is 0 Å². The van der Waals surface area contributed by atoms with E-state index in [0.29, 0.717) is 13.0 Å². The minimum atomic E-state index is 0. The Bertz CT molecular complexity index is 402. The number of carbonyl (C=O) groups is 1. The summed E-state index contributed by atoms with van der Waals surface area (Å²) in [5.41, 5.74) is 0. The van der Waals surface area contributed by atoms with Crippen LogP contribution in [0.1, 0.15) is 59.3 Å². The van der Waals surface area contributed by atoms with Gasteiger partial charge in [0, 0.05) is 32.1 Å². The quantitative estimate of drug-likeness (QED) is 0.372. The average molecular weight is 450 g/mol. The molecule has 1 saturated heterocycles. The van der Waals surface area contributed by atoms with Gasteiger partial charge in [-0.2, -0.15) is 0 Å². The minimum absolute atomic E-state index is 0. The average Bonchev–Trinajstić information content (AvgIpc) is 2.97. The number of hydrogen-bond acceptors (Lipinski definition) is 2. The first-order valence-corrected chi connectivity index (χ1v) is 9.46. The van der Waals surface area contributed by atoms with Crippen LogP contribution in [0.4, 0.5) is 0 Å². The number of rotatable bonds is 6. The summed E-state index contributed by atoms with van der Waals surface area (Å²) in [7, 11) is 0. The van der Waals surface area contributed by atoms with Crippen molar-refractivity contribution in [2.45, 2.75) is 65.3 Å². The molecule has 24 heavy (non-hydrogen) atoms. The van der Waals surface area contributed by atoms with Gasteiger partial charge in [-0.1, -0.05) is 19.8 Å². The standard InChI is InChI=1S/C18H34N4O.HI/c1-4-14(3)21-17(23)10-11-20-18(19-5-2)22-12-15-8-6-7-9-16(15)13-22;/h14-16H,4-13H2,1-3H3,(H,19,20)(H,21,23);1H. The third kappa shape index (κ3) is 6.41. The highest BCUT2D eigenvalue weighted by atomic mass is 127. The molecule has 0 radical (unpaired) electrons. The largest absolute Gasteiger partial charge is 0.357 e. The number of carbonyl (C=O) groups excluding carboxylic acids is 1. The summed E-state index contributed by atoms with van der Waals surface area (Å²) < 4.78 is 0. The van der Waals surface area contributed by atoms with Crippen LogP contribution < -0.4 is 10.6 Å². The fourth-order valence-corrected chi connectivity index (χ4v) is 3.72. The molecule has 5 nitrogen and oxygen atoms in total. The number of nitrogens with one attached hydrogen (secondary N) is 2. The van der Waals surface area contributed by atoms with Crippen LogP contribution in [0.3, 0.4) is 0 Å². The third-order valence-corrected chi connectivity index (χ3v) is 5.23. The monoisotopic (exact) mass is 450 g/mol. The van der Waals surface area contributed by atoms with Crippen molar-refractivity contribution in [3.05, 3.63) is 0 Å². The van der Waals surface area contributed by atoms with Gasteiger partial charge < -0.3 is 15.5 Å². The molecular weight excluding hydrogens is 415 g/mol. The van der Waals surface area contributed by atoms with E-state index in [1.54, 1.807) is 0 Å². The van der Waals surface area contributed by atoms with Crippen LogP contribution in [0, 0.1) is 11.8 Å². The summed E-state index contributed by atoms with van der Waals surface area (Å²) in [6.45, 7) is 9.94. The fourth-order valence-electron chi connectivity index (χ4n) is 3.72. The lowest BCUT2D eigenvalue weighted by Gasteiger charge is -2.22. The first-order chi connectivity index (χ1) is 11.1. The SMILES string of the molecule is CCNC(=NCCC(=O)NC(C)CC)N1CC2CCCCC2C1.I. The van der Waals surface area contributed by atoms with E-state index in [1.165, 1.54) is 25.7 Å². The molecule has 1 aliphatic heterocycles. The summed E-state index contributed by atoms with van der Waals surface area (Å²) in [5.74, 6) is 2.80. The van der Waals surface area contributed by atoms with Gasteiger partial charge in [0.15, 0.2) is 5.96 Å². The Morgan fingerprint density at radius 3 is 2.38 bits per heavy atom. The molecular formula is C18H35IN4O. The second-order valence-corrected chi connectivity index (χ2v) is 7.07. The van der Waals surface area contributed by atoms with E-state index < -0.39 is 0 Å². The van der Waals surface area contributed by atoms with E-state index in [2.05, 4.69) is 29.4 Å². The smallest absolute Gasteiger partial charge is 0.222 e. The normalized spacial score (nSPS) is 24.8. The second kappa shape index (κ2) is 11.2. The van der Waals surface area contributed by atoms with Crippen LogP contribution in [0.15, 0.2) is 4.99 Å². The molecule has 1 heterocycles. The van der Waals surface area contributed by atoms with Crippen molar-refractivity contribution in [2.24, 2.45) is 16.8 Å². The number of aliphatic imine (C=N–C) groups is 1. The van der Waals surface area contributed by atoms with E-state index in [9.17, 15) is 4.79 Å². The highest BCUT2D eigenvalue weighted by Crippen LogP contribution is 2.35. The van der Waals surface area contributed by atoms with Crippen molar-refractivity contribution in [2.75, 3.05) is 26.2 Å². The highest BCUT2D eigenvalue weighted by Gasteiger charge is 2.35. The summed E-state index contributed by atoms with van der Waals surface area (Å²) in [6, 6.07) is 0.251. The number of likely N-dealkylation sites (tertiary alicyclic amines) is 1. The van der Waals surface area contributed by atoms with E-state index in [1.807, 2.05) is 6.92 Å². The lowest BCUT2D eigenvalue weighted by molar-refractivity contribution is -0.121. The van der Waals surface area contributed by atoms with Crippen LogP contribution >= 0.6 is 24.0 Å². The Hall–Kier alpha value is -0.530. The lowest BCUT2D eigenvalue weighted by atomic mass is 9.82. The number of guanidine groups is 1. The molecule has 3 atom stereocenters. The molecule has 1 saturated carbocycles. The molecule has 0 bridgehead atoms. The molecule has 0 aromatic carbocycles. The highest BCUT2D eigenvalue weighted by molar-refractivity contribution is 14.0. The first kappa shape index (κ1) is 21.5. The third-order valence-electron chi connectivity index (χ3n) is 5.23. The molecule has 0 aromatic heterocycles. The van der Waals surface area contributed by atoms with Crippen LogP contribution in [-0.4, -0.2) is 49.0 Å². The van der Waals surface area contributed by atoms with Gasteiger partial charge in [0.25, 0.3) is 0 Å². The first-order valence-electron chi connectivity index (χ1n) is 9.46. The van der Waals surface area contributed by atoms with Gasteiger partial charge in [0.05, 0.1) is 6.54 Å². The topological polar surface area (TPSA) is 56.7 Å². The van der Waals surface area contributed by atoms with E-state index in [4.69, 9.17) is 4.99 Å². The second-order valence-electron chi connectivity index (χ2n) is 7.07. The zero-order chi connectivity index (χ0) is 16.7. The fraction of sp³-hybridized carbons (Fsp3) is 0.889. The Morgan fingerprint density at radius 2 is 1.83 bits per heavy atom. The maximum absolute atomic E-state index is 11.9. The van der Waals surface area contributed by atoms with E-state index in [-0.39, 0.29) is 35.9 Å².